The molecule has 0 aliphatic heterocycles. The number of ketones is 1. The number of benzene rings is 2. The smallest absolute Gasteiger partial charge is 0.291 e. The first-order chi connectivity index (χ1) is 11.9. The number of hydrogen-bond donors (Lipinski definition) is 1. The number of halogens is 3. The Hall–Kier alpha value is -1.82. The van der Waals surface area contributed by atoms with Gasteiger partial charge in [0.2, 0.25) is 0 Å². The van der Waals surface area contributed by atoms with Crippen LogP contribution in [0.2, 0.25) is 10.0 Å². The van der Waals surface area contributed by atoms with Crippen LogP contribution >= 0.6 is 39.1 Å². The van der Waals surface area contributed by atoms with Crippen molar-refractivity contribution < 1.29 is 9.36 Å². The van der Waals surface area contributed by atoms with Gasteiger partial charge in [-0.3, -0.25) is 10.5 Å². The number of hydrogen-bond acceptors (Lipinski definition) is 2. The zero-order valence-electron chi connectivity index (χ0n) is 13.3. The minimum Gasteiger partial charge on any atom is -0.291 e. The summed E-state index contributed by atoms with van der Waals surface area (Å²) in [5, 5.41) is 0.775. The van der Waals surface area contributed by atoms with Crippen LogP contribution in [0.15, 0.2) is 53.1 Å². The van der Waals surface area contributed by atoms with Gasteiger partial charge in [0.1, 0.15) is 18.4 Å². The van der Waals surface area contributed by atoms with E-state index in [-0.39, 0.29) is 12.3 Å². The maximum absolute atomic E-state index is 12.5. The fourth-order valence-corrected chi connectivity index (χ4v) is 3.11. The van der Waals surface area contributed by atoms with Crippen LogP contribution < -0.4 is 10.3 Å². The van der Waals surface area contributed by atoms with Crippen LogP contribution in [0.4, 0.5) is 5.95 Å². The van der Waals surface area contributed by atoms with Gasteiger partial charge in [-0.15, -0.1) is 0 Å². The number of carbonyl (C=O) groups is 1. The van der Waals surface area contributed by atoms with E-state index in [1.807, 2.05) is 42.1 Å². The van der Waals surface area contributed by atoms with E-state index in [9.17, 15) is 4.79 Å². The number of nitrogen functional groups attached to an aromatic ring is 1. The Bertz CT molecular complexity index is 952. The third-order valence-electron chi connectivity index (χ3n) is 3.97. The van der Waals surface area contributed by atoms with E-state index < -0.39 is 0 Å². The average Bonchev–Trinajstić information content (AvgIpc) is 2.86. The molecule has 0 saturated heterocycles. The van der Waals surface area contributed by atoms with Gasteiger partial charge in [0.05, 0.1) is 17.1 Å². The van der Waals surface area contributed by atoms with Crippen molar-refractivity contribution in [2.75, 3.05) is 5.73 Å². The van der Waals surface area contributed by atoms with E-state index in [1.54, 1.807) is 22.8 Å². The van der Waals surface area contributed by atoms with E-state index in [4.69, 9.17) is 28.9 Å². The van der Waals surface area contributed by atoms with Crippen LogP contribution in [0, 0.1) is 0 Å². The van der Waals surface area contributed by atoms with Crippen molar-refractivity contribution in [3.8, 4) is 11.3 Å². The van der Waals surface area contributed by atoms with Gasteiger partial charge in [-0.25, -0.2) is 9.13 Å². The SMILES string of the molecule is Cn1c(-c2ccc(Br)cc2)c[n+](CC(=O)c2ccc(Cl)c(Cl)c2)c1N. The van der Waals surface area contributed by atoms with Gasteiger partial charge in [-0.05, 0) is 30.3 Å². The van der Waals surface area contributed by atoms with Crippen molar-refractivity contribution in [3.05, 3.63) is 68.7 Å². The third kappa shape index (κ3) is 3.73. The molecular formula is C18H15BrCl2N3O+. The molecule has 25 heavy (non-hydrogen) atoms. The Morgan fingerprint density at radius 2 is 1.84 bits per heavy atom. The molecule has 0 atom stereocenters. The lowest BCUT2D eigenvalue weighted by Crippen LogP contribution is -2.39. The maximum Gasteiger partial charge on any atom is 0.355 e. The number of Topliss-reactive ketones (excluding diaryl/α,β-unsaturated/α-hetero) is 1. The average molecular weight is 440 g/mol. The zero-order valence-corrected chi connectivity index (χ0v) is 16.4. The Morgan fingerprint density at radius 1 is 1.16 bits per heavy atom. The van der Waals surface area contributed by atoms with Crippen LogP contribution in [-0.2, 0) is 13.6 Å². The Morgan fingerprint density at radius 3 is 2.48 bits per heavy atom. The van der Waals surface area contributed by atoms with Crippen molar-refractivity contribution in [2.45, 2.75) is 6.54 Å². The second kappa shape index (κ2) is 7.20. The van der Waals surface area contributed by atoms with Crippen molar-refractivity contribution in [1.82, 2.24) is 4.57 Å². The lowest BCUT2D eigenvalue weighted by atomic mass is 10.1. The predicted octanol–water partition coefficient (Wildman–Crippen LogP) is 4.51. The summed E-state index contributed by atoms with van der Waals surface area (Å²) in [6.07, 6.45) is 1.87. The molecule has 4 nitrogen and oxygen atoms in total. The molecule has 0 aliphatic rings. The molecule has 1 heterocycles. The fraction of sp³-hybridized carbons (Fsp3) is 0.111. The normalized spacial score (nSPS) is 10.9. The van der Waals surface area contributed by atoms with Crippen molar-refractivity contribution in [3.63, 3.8) is 0 Å². The topological polar surface area (TPSA) is 51.9 Å². The molecule has 0 aliphatic carbocycles. The molecular weight excluding hydrogens is 425 g/mol. The molecule has 0 bridgehead atoms. The summed E-state index contributed by atoms with van der Waals surface area (Å²) in [7, 11) is 1.87. The van der Waals surface area contributed by atoms with Crippen LogP contribution in [0.5, 0.6) is 0 Å². The molecule has 0 fully saturated rings. The van der Waals surface area contributed by atoms with Gasteiger partial charge in [0, 0.05) is 15.6 Å². The standard InChI is InChI=1S/C18H14BrCl2N3O/c1-23-16(11-2-5-13(19)6-3-11)9-24(18(23)22)10-17(25)12-4-7-14(20)15(21)8-12/h2-9,22H,10H2,1H3/p+1. The number of nitrogens with zero attached hydrogens (tertiary/aromatic N) is 2. The number of carbonyl (C=O) groups excluding carboxylic acids is 1. The van der Waals surface area contributed by atoms with E-state index in [0.717, 1.165) is 15.7 Å². The number of nitrogens with two attached hydrogens (primary N) is 1. The summed E-state index contributed by atoms with van der Waals surface area (Å²) in [4.78, 5) is 12.5. The molecule has 3 rings (SSSR count). The molecule has 3 aromatic rings. The van der Waals surface area contributed by atoms with Gasteiger partial charge in [0.25, 0.3) is 0 Å². The second-order valence-corrected chi connectivity index (χ2v) is 7.35. The van der Waals surface area contributed by atoms with E-state index >= 15 is 0 Å². The van der Waals surface area contributed by atoms with Gasteiger partial charge in [0.15, 0.2) is 5.78 Å². The predicted molar refractivity (Wildman–Crippen MR) is 104 cm³/mol. The first-order valence-corrected chi connectivity index (χ1v) is 9.00. The summed E-state index contributed by atoms with van der Waals surface area (Å²) >= 11 is 15.3. The fourth-order valence-electron chi connectivity index (χ4n) is 2.55. The van der Waals surface area contributed by atoms with Gasteiger partial charge < -0.3 is 0 Å². The van der Waals surface area contributed by atoms with Crippen LogP contribution in [-0.4, -0.2) is 10.4 Å². The monoisotopic (exact) mass is 438 g/mol. The lowest BCUT2D eigenvalue weighted by molar-refractivity contribution is -0.667. The zero-order chi connectivity index (χ0) is 18.1. The highest BCUT2D eigenvalue weighted by atomic mass is 79.9. The molecule has 128 valence electrons. The van der Waals surface area contributed by atoms with Crippen molar-refractivity contribution >= 4 is 50.9 Å². The van der Waals surface area contributed by atoms with Gasteiger partial charge in [-0.2, -0.15) is 0 Å². The van der Waals surface area contributed by atoms with Crippen molar-refractivity contribution in [1.29, 1.82) is 0 Å². The molecule has 1 aromatic heterocycles. The number of imidazole rings is 1. The minimum atomic E-state index is -0.0942. The summed E-state index contributed by atoms with van der Waals surface area (Å²) in [6, 6.07) is 12.7. The highest BCUT2D eigenvalue weighted by Gasteiger charge is 2.20. The van der Waals surface area contributed by atoms with E-state index in [0.29, 0.717) is 21.6 Å². The maximum atomic E-state index is 12.5. The summed E-state index contributed by atoms with van der Waals surface area (Å²) in [5.41, 5.74) is 8.60. The molecule has 2 aromatic carbocycles. The van der Waals surface area contributed by atoms with Crippen molar-refractivity contribution in [2.24, 2.45) is 7.05 Å². The Kier molecular flexibility index (Phi) is 5.18. The van der Waals surface area contributed by atoms with Crippen LogP contribution in [0.1, 0.15) is 10.4 Å². The highest BCUT2D eigenvalue weighted by molar-refractivity contribution is 9.10. The molecule has 0 unspecified atom stereocenters. The quantitative estimate of drug-likeness (QED) is 0.480. The minimum absolute atomic E-state index is 0.0942. The third-order valence-corrected chi connectivity index (χ3v) is 5.24. The Balaban J connectivity index is 1.90. The van der Waals surface area contributed by atoms with Crippen LogP contribution in [0.3, 0.4) is 0 Å². The highest BCUT2D eigenvalue weighted by Crippen LogP contribution is 2.24. The van der Waals surface area contributed by atoms with E-state index in [1.165, 1.54) is 0 Å². The molecule has 2 N–H and O–H groups in total. The van der Waals surface area contributed by atoms with Gasteiger partial charge in [-0.1, -0.05) is 51.3 Å². The molecule has 7 heteroatoms. The first kappa shape index (κ1) is 18.0. The first-order valence-electron chi connectivity index (χ1n) is 7.45. The molecule has 0 spiro atoms. The Labute approximate surface area is 163 Å². The number of aromatic nitrogens is 2. The molecule has 0 amide bonds. The number of anilines is 1. The number of rotatable bonds is 4. The summed E-state index contributed by atoms with van der Waals surface area (Å²) in [6.45, 7) is 0.119. The summed E-state index contributed by atoms with van der Waals surface area (Å²) in [5.74, 6) is 0.398. The van der Waals surface area contributed by atoms with Gasteiger partial charge >= 0.3 is 5.95 Å². The molecule has 0 radical (unpaired) electrons. The molecule has 0 saturated carbocycles. The largest absolute Gasteiger partial charge is 0.355 e. The summed E-state index contributed by atoms with van der Waals surface area (Å²) < 4.78 is 4.58. The van der Waals surface area contributed by atoms with E-state index in [2.05, 4.69) is 15.9 Å². The lowest BCUT2D eigenvalue weighted by Gasteiger charge is -2.02. The van der Waals surface area contributed by atoms with Crippen LogP contribution in [0.25, 0.3) is 11.3 Å². The second-order valence-electron chi connectivity index (χ2n) is 5.62.